The minimum Gasteiger partial charge on any atom is -0.496 e. The molecule has 1 saturated heterocycles. The van der Waals surface area contributed by atoms with E-state index < -0.39 is 0 Å². The fourth-order valence-corrected chi connectivity index (χ4v) is 3.62. The zero-order valence-electron chi connectivity index (χ0n) is 15.2. The smallest absolute Gasteiger partial charge is 0.257 e. The van der Waals surface area contributed by atoms with E-state index in [-0.39, 0.29) is 5.91 Å². The van der Waals surface area contributed by atoms with Crippen molar-refractivity contribution in [2.75, 3.05) is 26.5 Å². The maximum atomic E-state index is 12.9. The van der Waals surface area contributed by atoms with Crippen molar-refractivity contribution in [3.8, 4) is 5.75 Å². The van der Waals surface area contributed by atoms with Crippen molar-refractivity contribution in [2.45, 2.75) is 24.2 Å². The lowest BCUT2D eigenvalue weighted by atomic mass is 9.89. The highest BCUT2D eigenvalue weighted by Gasteiger charge is 2.25. The largest absolute Gasteiger partial charge is 0.496 e. The molecule has 0 aromatic heterocycles. The third-order valence-electron chi connectivity index (χ3n) is 4.66. The number of ether oxygens (including phenoxy) is 1. The number of carbonyl (C=O) groups is 1. The van der Waals surface area contributed by atoms with E-state index in [4.69, 9.17) is 4.74 Å². The first-order valence-corrected chi connectivity index (χ1v) is 9.80. The molecule has 0 saturated carbocycles. The van der Waals surface area contributed by atoms with Crippen LogP contribution in [-0.4, -0.2) is 37.3 Å². The van der Waals surface area contributed by atoms with Crippen molar-refractivity contribution in [2.24, 2.45) is 5.92 Å². The molecule has 3 nitrogen and oxygen atoms in total. The molecule has 1 aromatic rings. The predicted molar refractivity (Wildman–Crippen MR) is 106 cm³/mol. The number of hydrogen-bond acceptors (Lipinski definition) is 3. The molecule has 1 aromatic carbocycles. The molecule has 0 aliphatic carbocycles. The van der Waals surface area contributed by atoms with Crippen LogP contribution in [0, 0.1) is 5.92 Å². The fourth-order valence-electron chi connectivity index (χ4n) is 3.19. The van der Waals surface area contributed by atoms with Gasteiger partial charge in [-0.2, -0.15) is 0 Å². The molecule has 25 heavy (non-hydrogen) atoms. The SMILES string of the molecule is C=C/C=C(\C=C)CC1CCN(C(=O)c2ccc(SC)cc2OC)CC1. The summed E-state index contributed by atoms with van der Waals surface area (Å²) >= 11 is 1.64. The van der Waals surface area contributed by atoms with Gasteiger partial charge in [0.15, 0.2) is 0 Å². The van der Waals surface area contributed by atoms with Gasteiger partial charge in [0, 0.05) is 18.0 Å². The molecule has 1 fully saturated rings. The second-order valence-electron chi connectivity index (χ2n) is 6.19. The van der Waals surface area contributed by atoms with Gasteiger partial charge in [0.1, 0.15) is 5.75 Å². The zero-order chi connectivity index (χ0) is 18.2. The molecule has 0 radical (unpaired) electrons. The number of piperidine rings is 1. The molecular weight excluding hydrogens is 330 g/mol. The Balaban J connectivity index is 2.01. The molecule has 0 spiro atoms. The summed E-state index contributed by atoms with van der Waals surface area (Å²) in [6.45, 7) is 9.19. The lowest BCUT2D eigenvalue weighted by Crippen LogP contribution is -2.38. The Morgan fingerprint density at radius 1 is 1.36 bits per heavy atom. The third kappa shape index (κ3) is 5.02. The van der Waals surface area contributed by atoms with Crippen LogP contribution in [0.5, 0.6) is 5.75 Å². The van der Waals surface area contributed by atoms with E-state index in [0.717, 1.165) is 37.2 Å². The normalized spacial score (nSPS) is 15.8. The average Bonchev–Trinajstić information content (AvgIpc) is 2.67. The monoisotopic (exact) mass is 357 g/mol. The van der Waals surface area contributed by atoms with Gasteiger partial charge in [-0.1, -0.05) is 31.4 Å². The van der Waals surface area contributed by atoms with Gasteiger partial charge >= 0.3 is 0 Å². The van der Waals surface area contributed by atoms with E-state index in [0.29, 0.717) is 17.2 Å². The minimum absolute atomic E-state index is 0.0635. The molecule has 4 heteroatoms. The van der Waals surface area contributed by atoms with E-state index in [2.05, 4.69) is 13.2 Å². The summed E-state index contributed by atoms with van der Waals surface area (Å²) in [5.74, 6) is 1.31. The Kier molecular flexibility index (Phi) is 7.38. The highest BCUT2D eigenvalue weighted by Crippen LogP contribution is 2.29. The summed E-state index contributed by atoms with van der Waals surface area (Å²) in [7, 11) is 1.62. The van der Waals surface area contributed by atoms with Crippen LogP contribution in [0.3, 0.4) is 0 Å². The van der Waals surface area contributed by atoms with Crippen molar-refractivity contribution in [3.05, 3.63) is 60.7 Å². The van der Waals surface area contributed by atoms with Gasteiger partial charge < -0.3 is 9.64 Å². The van der Waals surface area contributed by atoms with Crippen LogP contribution >= 0.6 is 11.8 Å². The molecule has 0 N–H and O–H groups in total. The van der Waals surface area contributed by atoms with Gasteiger partial charge in [-0.15, -0.1) is 11.8 Å². The van der Waals surface area contributed by atoms with E-state index in [1.54, 1.807) is 24.9 Å². The molecular formula is C21H27NO2S. The Labute approximate surface area is 155 Å². The lowest BCUT2D eigenvalue weighted by Gasteiger charge is -2.32. The minimum atomic E-state index is 0.0635. The predicted octanol–water partition coefficient (Wildman–Crippen LogP) is 4.96. The van der Waals surface area contributed by atoms with Gasteiger partial charge in [-0.3, -0.25) is 4.79 Å². The maximum Gasteiger partial charge on any atom is 0.257 e. The maximum absolute atomic E-state index is 12.9. The highest BCUT2D eigenvalue weighted by molar-refractivity contribution is 7.98. The van der Waals surface area contributed by atoms with Crippen LogP contribution in [0.4, 0.5) is 0 Å². The molecule has 1 amide bonds. The number of hydrogen-bond donors (Lipinski definition) is 0. The first kappa shape index (κ1) is 19.4. The van der Waals surface area contributed by atoms with Gasteiger partial charge in [-0.05, 0) is 55.2 Å². The van der Waals surface area contributed by atoms with Crippen LogP contribution in [0.25, 0.3) is 0 Å². The Morgan fingerprint density at radius 3 is 2.64 bits per heavy atom. The van der Waals surface area contributed by atoms with Crippen molar-refractivity contribution in [1.82, 2.24) is 4.90 Å². The van der Waals surface area contributed by atoms with E-state index in [1.807, 2.05) is 41.5 Å². The number of amides is 1. The number of nitrogens with zero attached hydrogens (tertiary/aromatic N) is 1. The molecule has 0 bridgehead atoms. The van der Waals surface area contributed by atoms with Gasteiger partial charge in [0.2, 0.25) is 0 Å². The van der Waals surface area contributed by atoms with Crippen LogP contribution in [-0.2, 0) is 0 Å². The fraction of sp³-hybridized carbons (Fsp3) is 0.381. The van der Waals surface area contributed by atoms with E-state index >= 15 is 0 Å². The lowest BCUT2D eigenvalue weighted by molar-refractivity contribution is 0.0687. The number of methoxy groups -OCH3 is 1. The summed E-state index contributed by atoms with van der Waals surface area (Å²) < 4.78 is 5.43. The van der Waals surface area contributed by atoms with Gasteiger partial charge in [0.25, 0.3) is 5.91 Å². The van der Waals surface area contributed by atoms with E-state index in [9.17, 15) is 4.79 Å². The molecule has 0 unspecified atom stereocenters. The standard InChI is InChI=1S/C21H27NO2S/c1-5-7-16(6-2)14-17-10-12-22(13-11-17)21(23)19-9-8-18(25-4)15-20(19)24-3/h5-9,15,17H,1-2,10-14H2,3-4H3/b16-7+. The van der Waals surface area contributed by atoms with Gasteiger partial charge in [0.05, 0.1) is 12.7 Å². The summed E-state index contributed by atoms with van der Waals surface area (Å²) in [4.78, 5) is 15.9. The quantitative estimate of drug-likeness (QED) is 0.510. The topological polar surface area (TPSA) is 29.5 Å². The zero-order valence-corrected chi connectivity index (χ0v) is 16.0. The number of benzene rings is 1. The number of thioether (sulfide) groups is 1. The van der Waals surface area contributed by atoms with Gasteiger partial charge in [-0.25, -0.2) is 0 Å². The summed E-state index contributed by atoms with van der Waals surface area (Å²) in [5.41, 5.74) is 1.87. The first-order chi connectivity index (χ1) is 12.1. The Morgan fingerprint density at radius 2 is 2.08 bits per heavy atom. The Hall–Kier alpha value is -1.94. The molecule has 134 valence electrons. The van der Waals surface area contributed by atoms with Crippen molar-refractivity contribution in [3.63, 3.8) is 0 Å². The Bertz CT molecular complexity index is 658. The number of allylic oxidation sites excluding steroid dienone is 4. The van der Waals surface area contributed by atoms with Crippen molar-refractivity contribution >= 4 is 17.7 Å². The summed E-state index contributed by atoms with van der Waals surface area (Å²) in [5, 5.41) is 0. The first-order valence-electron chi connectivity index (χ1n) is 8.58. The molecule has 1 aliphatic heterocycles. The second kappa shape index (κ2) is 9.52. The number of likely N-dealkylation sites (tertiary alicyclic amines) is 1. The van der Waals surface area contributed by atoms with Crippen molar-refractivity contribution in [1.29, 1.82) is 0 Å². The summed E-state index contributed by atoms with van der Waals surface area (Å²) in [6.07, 6.45) is 10.8. The van der Waals surface area contributed by atoms with Crippen molar-refractivity contribution < 1.29 is 9.53 Å². The number of rotatable bonds is 7. The average molecular weight is 358 g/mol. The number of carbonyl (C=O) groups excluding carboxylic acids is 1. The van der Waals surface area contributed by atoms with Crippen LogP contribution in [0.1, 0.15) is 29.6 Å². The molecule has 1 heterocycles. The molecule has 1 aliphatic rings. The van der Waals surface area contributed by atoms with Crippen LogP contribution < -0.4 is 4.74 Å². The molecule has 0 atom stereocenters. The van der Waals surface area contributed by atoms with Crippen LogP contribution in [0.2, 0.25) is 0 Å². The second-order valence-corrected chi connectivity index (χ2v) is 7.07. The summed E-state index contributed by atoms with van der Waals surface area (Å²) in [6, 6.07) is 5.78. The van der Waals surface area contributed by atoms with E-state index in [1.165, 1.54) is 5.57 Å². The van der Waals surface area contributed by atoms with Crippen LogP contribution in [0.15, 0.2) is 60.1 Å². The molecule has 2 rings (SSSR count). The highest BCUT2D eigenvalue weighted by atomic mass is 32.2. The third-order valence-corrected chi connectivity index (χ3v) is 5.38.